The lowest BCUT2D eigenvalue weighted by molar-refractivity contribution is 0.0737. The van der Waals surface area contributed by atoms with Gasteiger partial charge in [-0.2, -0.15) is 0 Å². The molecule has 106 valence electrons. The topological polar surface area (TPSA) is 45.7 Å². The molecule has 1 saturated heterocycles. The second-order valence-electron chi connectivity index (χ2n) is 4.66. The van der Waals surface area contributed by atoms with Crippen LogP contribution in [0.2, 0.25) is 0 Å². The zero-order valence-corrected chi connectivity index (χ0v) is 12.2. The summed E-state index contributed by atoms with van der Waals surface area (Å²) in [6.45, 7) is 6.79. The molecule has 1 fully saturated rings. The largest absolute Gasteiger partial charge is 0.449 e. The van der Waals surface area contributed by atoms with E-state index in [-0.39, 0.29) is 6.09 Å². The van der Waals surface area contributed by atoms with Crippen LogP contribution < -0.4 is 0 Å². The first-order valence-electron chi connectivity index (χ1n) is 6.82. The highest BCUT2D eigenvalue weighted by Gasteiger charge is 2.22. The Kier molecular flexibility index (Phi) is 5.60. The van der Waals surface area contributed by atoms with Crippen molar-refractivity contribution in [1.29, 1.82) is 0 Å². The molecule has 0 radical (unpaired) electrons. The van der Waals surface area contributed by atoms with Gasteiger partial charge in [-0.1, -0.05) is 13.3 Å². The number of nitrogens with zero attached hydrogens (tertiary/aromatic N) is 3. The molecule has 1 aromatic heterocycles. The van der Waals surface area contributed by atoms with Gasteiger partial charge in [0, 0.05) is 37.8 Å². The first-order valence-corrected chi connectivity index (χ1v) is 7.70. The van der Waals surface area contributed by atoms with Crippen molar-refractivity contribution in [2.75, 3.05) is 32.8 Å². The molecule has 2 rings (SSSR count). The van der Waals surface area contributed by atoms with Crippen molar-refractivity contribution in [3.8, 4) is 0 Å². The van der Waals surface area contributed by atoms with Crippen LogP contribution in [0.5, 0.6) is 0 Å². The molecule has 0 aromatic carbocycles. The number of carbonyl (C=O) groups excluding carboxylic acids is 1. The molecule has 0 unspecified atom stereocenters. The first-order chi connectivity index (χ1) is 9.29. The summed E-state index contributed by atoms with van der Waals surface area (Å²) in [6.07, 6.45) is 3.66. The fraction of sp³-hybridized carbons (Fsp3) is 0.692. The van der Waals surface area contributed by atoms with E-state index in [0.717, 1.165) is 50.6 Å². The molecule has 19 heavy (non-hydrogen) atoms. The highest BCUT2D eigenvalue weighted by molar-refractivity contribution is 7.09. The fourth-order valence-electron chi connectivity index (χ4n) is 2.01. The smallest absolute Gasteiger partial charge is 0.409 e. The van der Waals surface area contributed by atoms with Crippen molar-refractivity contribution in [1.82, 2.24) is 14.8 Å². The summed E-state index contributed by atoms with van der Waals surface area (Å²) in [5.74, 6) is 0. The maximum absolute atomic E-state index is 11.8. The SMILES string of the molecule is CCCCOC(=O)N1CCN(Cc2nccs2)CC1. The van der Waals surface area contributed by atoms with Crippen LogP contribution in [0.3, 0.4) is 0 Å². The number of piperazine rings is 1. The van der Waals surface area contributed by atoms with E-state index >= 15 is 0 Å². The Labute approximate surface area is 118 Å². The van der Waals surface area contributed by atoms with E-state index in [9.17, 15) is 4.79 Å². The van der Waals surface area contributed by atoms with Crippen molar-refractivity contribution in [3.63, 3.8) is 0 Å². The average molecular weight is 283 g/mol. The fourth-order valence-corrected chi connectivity index (χ4v) is 2.66. The van der Waals surface area contributed by atoms with Crippen LogP contribution in [0.1, 0.15) is 24.8 Å². The molecule has 2 heterocycles. The Morgan fingerprint density at radius 1 is 1.42 bits per heavy atom. The molecule has 0 saturated carbocycles. The molecule has 0 bridgehead atoms. The molecule has 1 aromatic rings. The number of hydrogen-bond acceptors (Lipinski definition) is 5. The number of carbonyl (C=O) groups is 1. The molecule has 0 N–H and O–H groups in total. The highest BCUT2D eigenvalue weighted by Crippen LogP contribution is 2.11. The predicted octanol–water partition coefficient (Wildman–Crippen LogP) is 2.20. The van der Waals surface area contributed by atoms with Gasteiger partial charge in [-0.05, 0) is 6.42 Å². The molecule has 6 heteroatoms. The quantitative estimate of drug-likeness (QED) is 0.777. The van der Waals surface area contributed by atoms with Crippen LogP contribution in [0.15, 0.2) is 11.6 Å². The van der Waals surface area contributed by atoms with Gasteiger partial charge in [0.2, 0.25) is 0 Å². The lowest BCUT2D eigenvalue weighted by Crippen LogP contribution is -2.48. The maximum Gasteiger partial charge on any atom is 0.409 e. The lowest BCUT2D eigenvalue weighted by atomic mass is 10.3. The van der Waals surface area contributed by atoms with Gasteiger partial charge < -0.3 is 9.64 Å². The van der Waals surface area contributed by atoms with E-state index in [2.05, 4.69) is 16.8 Å². The Hall–Kier alpha value is -1.14. The standard InChI is InChI=1S/C13H21N3O2S/c1-2-3-9-18-13(17)16-7-5-15(6-8-16)11-12-14-4-10-19-12/h4,10H,2-3,5-9,11H2,1H3. The van der Waals surface area contributed by atoms with Gasteiger partial charge in [0.05, 0.1) is 13.2 Å². The third-order valence-corrected chi connectivity index (χ3v) is 3.96. The Balaban J connectivity index is 1.68. The predicted molar refractivity (Wildman–Crippen MR) is 75.2 cm³/mol. The van der Waals surface area contributed by atoms with Gasteiger partial charge in [0.25, 0.3) is 0 Å². The first kappa shape index (κ1) is 14.3. The van der Waals surface area contributed by atoms with E-state index in [4.69, 9.17) is 4.74 Å². The molecule has 0 aliphatic carbocycles. The highest BCUT2D eigenvalue weighted by atomic mass is 32.1. The van der Waals surface area contributed by atoms with Gasteiger partial charge in [0.15, 0.2) is 0 Å². The van der Waals surface area contributed by atoms with Crippen molar-refractivity contribution in [3.05, 3.63) is 16.6 Å². The second-order valence-corrected chi connectivity index (χ2v) is 5.64. The molecule has 0 spiro atoms. The Bertz CT molecular complexity index is 375. The Morgan fingerprint density at radius 2 is 2.21 bits per heavy atom. The summed E-state index contributed by atoms with van der Waals surface area (Å²) in [5, 5.41) is 3.13. The summed E-state index contributed by atoms with van der Waals surface area (Å²) < 4.78 is 5.22. The summed E-state index contributed by atoms with van der Waals surface area (Å²) in [5.41, 5.74) is 0. The number of amides is 1. The molecule has 1 aliphatic heterocycles. The second kappa shape index (κ2) is 7.45. The number of rotatable bonds is 5. The monoisotopic (exact) mass is 283 g/mol. The van der Waals surface area contributed by atoms with Crippen LogP contribution in [0, 0.1) is 0 Å². The lowest BCUT2D eigenvalue weighted by Gasteiger charge is -2.33. The number of ether oxygens (including phenoxy) is 1. The van der Waals surface area contributed by atoms with Crippen molar-refractivity contribution < 1.29 is 9.53 Å². The normalized spacial score (nSPS) is 16.6. The van der Waals surface area contributed by atoms with Crippen molar-refractivity contribution >= 4 is 17.4 Å². The van der Waals surface area contributed by atoms with Gasteiger partial charge in [-0.25, -0.2) is 9.78 Å². The van der Waals surface area contributed by atoms with E-state index in [1.54, 1.807) is 16.2 Å². The van der Waals surface area contributed by atoms with Crippen molar-refractivity contribution in [2.24, 2.45) is 0 Å². The van der Waals surface area contributed by atoms with Crippen LogP contribution >= 0.6 is 11.3 Å². The van der Waals surface area contributed by atoms with E-state index in [1.165, 1.54) is 0 Å². The molecular formula is C13H21N3O2S. The third kappa shape index (κ3) is 4.47. The molecule has 0 atom stereocenters. The maximum atomic E-state index is 11.8. The van der Waals surface area contributed by atoms with Gasteiger partial charge >= 0.3 is 6.09 Å². The minimum Gasteiger partial charge on any atom is -0.449 e. The minimum atomic E-state index is -0.164. The number of unbranched alkanes of at least 4 members (excludes halogenated alkanes) is 1. The molecular weight excluding hydrogens is 262 g/mol. The minimum absolute atomic E-state index is 0.164. The van der Waals surface area contributed by atoms with Gasteiger partial charge in [0.1, 0.15) is 5.01 Å². The van der Waals surface area contributed by atoms with Crippen LogP contribution in [-0.2, 0) is 11.3 Å². The van der Waals surface area contributed by atoms with Gasteiger partial charge in [-0.3, -0.25) is 4.90 Å². The van der Waals surface area contributed by atoms with E-state index < -0.39 is 0 Å². The molecule has 1 aliphatic rings. The number of aromatic nitrogens is 1. The van der Waals surface area contributed by atoms with Crippen LogP contribution in [0.25, 0.3) is 0 Å². The number of thiazole rings is 1. The average Bonchev–Trinajstić information content (AvgIpc) is 2.93. The summed E-state index contributed by atoms with van der Waals surface area (Å²) in [6, 6.07) is 0. The molecule has 5 nitrogen and oxygen atoms in total. The third-order valence-electron chi connectivity index (χ3n) is 3.20. The van der Waals surface area contributed by atoms with Crippen LogP contribution in [-0.4, -0.2) is 53.7 Å². The zero-order valence-electron chi connectivity index (χ0n) is 11.4. The van der Waals surface area contributed by atoms with Crippen molar-refractivity contribution in [2.45, 2.75) is 26.3 Å². The van der Waals surface area contributed by atoms with E-state index in [0.29, 0.717) is 6.61 Å². The van der Waals surface area contributed by atoms with E-state index in [1.807, 2.05) is 11.6 Å². The Morgan fingerprint density at radius 3 is 2.84 bits per heavy atom. The van der Waals surface area contributed by atoms with Crippen LogP contribution in [0.4, 0.5) is 4.79 Å². The number of hydrogen-bond donors (Lipinski definition) is 0. The summed E-state index contributed by atoms with van der Waals surface area (Å²) in [7, 11) is 0. The summed E-state index contributed by atoms with van der Waals surface area (Å²) in [4.78, 5) is 20.2. The zero-order chi connectivity index (χ0) is 13.5. The van der Waals surface area contributed by atoms with Gasteiger partial charge in [-0.15, -0.1) is 11.3 Å². The molecule has 1 amide bonds. The summed E-state index contributed by atoms with van der Waals surface area (Å²) >= 11 is 1.68.